The number of hydrogen-bond donors (Lipinski definition) is 2. The molecule has 3 aromatic carbocycles. The number of ether oxygens (including phenoxy) is 2. The zero-order chi connectivity index (χ0) is 34.7. The Balaban J connectivity index is 0.978. The Morgan fingerprint density at radius 1 is 0.860 bits per heavy atom. The number of thiophene rings is 1. The van der Waals surface area contributed by atoms with Crippen LogP contribution in [0.5, 0.6) is 11.5 Å². The first-order valence-electron chi connectivity index (χ1n) is 18.6. The third-order valence-electron chi connectivity index (χ3n) is 10.3. The van der Waals surface area contributed by atoms with Crippen molar-refractivity contribution in [3.63, 3.8) is 0 Å². The average Bonchev–Trinajstić information content (AvgIpc) is 3.64. The number of fused-ring (bicyclic) bond motifs is 1. The number of hydrogen-bond acceptors (Lipinski definition) is 7. The molecule has 0 bridgehead atoms. The number of nitrogens with zero attached hydrogens (tertiary/aromatic N) is 2. The van der Waals surface area contributed by atoms with Crippen molar-refractivity contribution in [3.05, 3.63) is 100 Å². The Bertz CT molecular complexity index is 1800. The number of methoxy groups -OCH3 is 1. The van der Waals surface area contributed by atoms with Crippen molar-refractivity contribution >= 4 is 28.1 Å². The van der Waals surface area contributed by atoms with Gasteiger partial charge in [-0.15, -0.1) is 11.3 Å². The van der Waals surface area contributed by atoms with Gasteiger partial charge in [0.1, 0.15) is 11.6 Å². The lowest BCUT2D eigenvalue weighted by Gasteiger charge is -2.28. The van der Waals surface area contributed by atoms with Crippen LogP contribution in [0.1, 0.15) is 105 Å². The SMILES string of the molecule is CNCc1ccccc1-c1csc([C@@H](C)Nc2nc(C)nc3cc(OCCCCCCCC4CCC(c5ccccc5)CC4)c(OC)cc23)c1. The van der Waals surface area contributed by atoms with Crippen molar-refractivity contribution in [1.82, 2.24) is 15.3 Å². The lowest BCUT2D eigenvalue weighted by atomic mass is 9.77. The first-order valence-corrected chi connectivity index (χ1v) is 19.5. The fourth-order valence-electron chi connectivity index (χ4n) is 7.54. The van der Waals surface area contributed by atoms with Crippen molar-refractivity contribution in [1.29, 1.82) is 0 Å². The van der Waals surface area contributed by atoms with E-state index in [2.05, 4.69) is 83.6 Å². The topological polar surface area (TPSA) is 68.3 Å². The summed E-state index contributed by atoms with van der Waals surface area (Å²) in [6.07, 6.45) is 13.1. The maximum absolute atomic E-state index is 6.28. The minimum absolute atomic E-state index is 0.0688. The molecule has 6 nitrogen and oxygen atoms in total. The molecule has 0 aliphatic heterocycles. The standard InChI is InChI=1S/C43H54N4O2S/c1-30(42-25-36(29-50-42)37-19-13-12-18-35(37)28-44-3)45-43-38-26-40(48-4)41(27-39(38)46-31(2)47-43)49-24-14-7-5-6-9-15-32-20-22-34(23-21-32)33-16-10-8-11-17-33/h8,10-13,16-19,25-27,29-30,32,34,44H,5-7,9,14-15,20-24,28H2,1-4H3,(H,45,46,47)/t30-,32?,34?/m1/s1. The summed E-state index contributed by atoms with van der Waals surface area (Å²) in [5.41, 5.74) is 6.20. The minimum Gasteiger partial charge on any atom is -0.493 e. The van der Waals surface area contributed by atoms with Crippen molar-refractivity contribution < 1.29 is 9.47 Å². The summed E-state index contributed by atoms with van der Waals surface area (Å²) in [7, 11) is 3.69. The van der Waals surface area contributed by atoms with Crippen LogP contribution in [0.2, 0.25) is 0 Å². The highest BCUT2D eigenvalue weighted by molar-refractivity contribution is 7.10. The van der Waals surface area contributed by atoms with Crippen molar-refractivity contribution in [2.45, 2.75) is 96.6 Å². The third-order valence-corrected chi connectivity index (χ3v) is 11.4. The van der Waals surface area contributed by atoms with Gasteiger partial charge in [0.25, 0.3) is 0 Å². The van der Waals surface area contributed by atoms with Crippen LogP contribution in [0.4, 0.5) is 5.82 Å². The van der Waals surface area contributed by atoms with E-state index >= 15 is 0 Å². The number of anilines is 1. The molecule has 6 rings (SSSR count). The predicted molar refractivity (Wildman–Crippen MR) is 210 cm³/mol. The molecule has 1 atom stereocenters. The van der Waals surface area contributed by atoms with E-state index in [9.17, 15) is 0 Å². The molecular weight excluding hydrogens is 637 g/mol. The van der Waals surface area contributed by atoms with Crippen LogP contribution in [-0.2, 0) is 6.54 Å². The normalized spacial score (nSPS) is 16.7. The monoisotopic (exact) mass is 690 g/mol. The molecule has 7 heteroatoms. The van der Waals surface area contributed by atoms with E-state index in [-0.39, 0.29) is 6.04 Å². The molecule has 2 aromatic heterocycles. The highest BCUT2D eigenvalue weighted by atomic mass is 32.1. The summed E-state index contributed by atoms with van der Waals surface area (Å²) in [5, 5.41) is 10.1. The molecule has 5 aromatic rings. The quantitative estimate of drug-likeness (QED) is 0.0947. The Morgan fingerprint density at radius 2 is 1.62 bits per heavy atom. The van der Waals surface area contributed by atoms with Gasteiger partial charge in [-0.25, -0.2) is 9.97 Å². The summed E-state index contributed by atoms with van der Waals surface area (Å²) in [6.45, 7) is 5.64. The van der Waals surface area contributed by atoms with Gasteiger partial charge < -0.3 is 20.1 Å². The lowest BCUT2D eigenvalue weighted by molar-refractivity contribution is 0.282. The second kappa shape index (κ2) is 17.8. The molecule has 1 saturated carbocycles. The second-order valence-corrected chi connectivity index (χ2v) is 14.9. The maximum atomic E-state index is 6.28. The van der Waals surface area contributed by atoms with Gasteiger partial charge in [0.05, 0.1) is 25.3 Å². The largest absolute Gasteiger partial charge is 0.493 e. The van der Waals surface area contributed by atoms with Crippen molar-refractivity contribution in [3.8, 4) is 22.6 Å². The number of aromatic nitrogens is 2. The van der Waals surface area contributed by atoms with E-state index in [1.54, 1.807) is 18.4 Å². The van der Waals surface area contributed by atoms with Gasteiger partial charge in [0.2, 0.25) is 0 Å². The minimum atomic E-state index is 0.0688. The molecule has 2 N–H and O–H groups in total. The number of benzene rings is 3. The first kappa shape index (κ1) is 35.9. The second-order valence-electron chi connectivity index (χ2n) is 14.0. The Labute approximate surface area is 303 Å². The molecule has 50 heavy (non-hydrogen) atoms. The lowest BCUT2D eigenvalue weighted by Crippen LogP contribution is -2.13. The predicted octanol–water partition coefficient (Wildman–Crippen LogP) is 11.3. The summed E-state index contributed by atoms with van der Waals surface area (Å²) >= 11 is 1.77. The summed E-state index contributed by atoms with van der Waals surface area (Å²) in [5.74, 6) is 4.68. The van der Waals surface area contributed by atoms with E-state index in [1.165, 1.54) is 84.9 Å². The van der Waals surface area contributed by atoms with Gasteiger partial charge in [-0.2, -0.15) is 0 Å². The number of aryl methyl sites for hydroxylation is 1. The molecule has 0 radical (unpaired) electrons. The molecule has 2 heterocycles. The number of nitrogens with one attached hydrogen (secondary N) is 2. The molecule has 0 amide bonds. The highest BCUT2D eigenvalue weighted by Crippen LogP contribution is 2.39. The average molecular weight is 691 g/mol. The number of rotatable bonds is 17. The summed E-state index contributed by atoms with van der Waals surface area (Å²) in [6, 6.07) is 26.1. The third kappa shape index (κ3) is 9.23. The van der Waals surface area contributed by atoms with Crippen LogP contribution in [0.15, 0.2) is 78.2 Å². The van der Waals surface area contributed by atoms with Gasteiger partial charge in [0.15, 0.2) is 11.5 Å². The van der Waals surface area contributed by atoms with Gasteiger partial charge in [0, 0.05) is 22.9 Å². The fraction of sp³-hybridized carbons (Fsp3) is 0.442. The van der Waals surface area contributed by atoms with Crippen LogP contribution < -0.4 is 20.1 Å². The van der Waals surface area contributed by atoms with Crippen LogP contribution in [0.25, 0.3) is 22.0 Å². The van der Waals surface area contributed by atoms with Crippen LogP contribution in [-0.4, -0.2) is 30.7 Å². The zero-order valence-corrected chi connectivity index (χ0v) is 31.2. The van der Waals surface area contributed by atoms with E-state index in [4.69, 9.17) is 19.4 Å². The molecule has 1 aliphatic carbocycles. The van der Waals surface area contributed by atoms with E-state index in [0.29, 0.717) is 12.4 Å². The molecular formula is C43H54N4O2S. The van der Waals surface area contributed by atoms with E-state index < -0.39 is 0 Å². The smallest absolute Gasteiger partial charge is 0.163 e. The van der Waals surface area contributed by atoms with Gasteiger partial charge in [-0.3, -0.25) is 0 Å². The number of unbranched alkanes of at least 4 members (excludes halogenated alkanes) is 4. The Hall–Kier alpha value is -3.94. The van der Waals surface area contributed by atoms with E-state index in [0.717, 1.165) is 53.1 Å². The molecule has 1 aliphatic rings. The molecule has 0 unspecified atom stereocenters. The van der Waals surface area contributed by atoms with Gasteiger partial charge in [-0.1, -0.05) is 86.7 Å². The van der Waals surface area contributed by atoms with Crippen molar-refractivity contribution in [2.24, 2.45) is 5.92 Å². The Morgan fingerprint density at radius 3 is 2.42 bits per heavy atom. The Kier molecular flexibility index (Phi) is 12.8. The zero-order valence-electron chi connectivity index (χ0n) is 30.3. The highest BCUT2D eigenvalue weighted by Gasteiger charge is 2.22. The van der Waals surface area contributed by atoms with Crippen molar-refractivity contribution in [2.75, 3.05) is 26.1 Å². The van der Waals surface area contributed by atoms with Crippen LogP contribution in [0, 0.1) is 12.8 Å². The van der Waals surface area contributed by atoms with Gasteiger partial charge in [-0.05, 0) is 105 Å². The van der Waals surface area contributed by atoms with E-state index in [1.807, 2.05) is 26.1 Å². The first-order chi connectivity index (χ1) is 24.5. The van der Waals surface area contributed by atoms with Crippen LogP contribution in [0.3, 0.4) is 0 Å². The molecule has 264 valence electrons. The molecule has 0 saturated heterocycles. The van der Waals surface area contributed by atoms with Gasteiger partial charge >= 0.3 is 0 Å². The summed E-state index contributed by atoms with van der Waals surface area (Å²) in [4.78, 5) is 10.8. The molecule has 0 spiro atoms. The fourth-order valence-corrected chi connectivity index (χ4v) is 8.45. The summed E-state index contributed by atoms with van der Waals surface area (Å²) < 4.78 is 12.1. The molecule has 1 fully saturated rings. The van der Waals surface area contributed by atoms with Crippen LogP contribution >= 0.6 is 11.3 Å². The maximum Gasteiger partial charge on any atom is 0.163 e.